The maximum atomic E-state index is 14.2. The fourth-order valence-corrected chi connectivity index (χ4v) is 5.60. The Morgan fingerprint density at radius 1 is 1.00 bits per heavy atom. The van der Waals surface area contributed by atoms with Crippen molar-refractivity contribution >= 4 is 33.7 Å². The molecule has 4 N–H and O–H groups in total. The number of H-pyrrole nitrogens is 2. The van der Waals surface area contributed by atoms with Crippen LogP contribution in [0.1, 0.15) is 24.8 Å². The first-order chi connectivity index (χ1) is 20.5. The first-order valence-corrected chi connectivity index (χ1v) is 13.9. The highest BCUT2D eigenvalue weighted by molar-refractivity contribution is 5.96. The molecule has 1 fully saturated rings. The van der Waals surface area contributed by atoms with Gasteiger partial charge in [0.15, 0.2) is 11.5 Å². The lowest BCUT2D eigenvalue weighted by Gasteiger charge is -2.21. The molecule has 0 unspecified atom stereocenters. The lowest BCUT2D eigenvalue weighted by Crippen LogP contribution is -2.30. The monoisotopic (exact) mass is 561 g/mol. The second kappa shape index (κ2) is 10.7. The molecule has 5 aromatic heterocycles. The lowest BCUT2D eigenvalue weighted by molar-refractivity contribution is -0.117. The zero-order valence-corrected chi connectivity index (χ0v) is 22.9. The number of carbonyl (C=O) groups excluding carboxylic acids is 1. The molecule has 7 rings (SSSR count). The molecule has 0 atom stereocenters. The maximum absolute atomic E-state index is 14.2. The van der Waals surface area contributed by atoms with Crippen LogP contribution >= 0.6 is 0 Å². The Kier molecular flexibility index (Phi) is 6.63. The molecular formula is C31H28FN9O. The number of aromatic amines is 2. The molecule has 6 aromatic rings. The molecule has 1 aliphatic heterocycles. The highest BCUT2D eigenvalue weighted by Crippen LogP contribution is 2.32. The number of imidazole rings is 1. The van der Waals surface area contributed by atoms with E-state index < -0.39 is 0 Å². The highest BCUT2D eigenvalue weighted by atomic mass is 19.1. The van der Waals surface area contributed by atoms with Gasteiger partial charge in [0.2, 0.25) is 5.91 Å². The molecule has 1 saturated heterocycles. The molecule has 1 aromatic carbocycles. The quantitative estimate of drug-likeness (QED) is 0.214. The van der Waals surface area contributed by atoms with E-state index in [-0.39, 0.29) is 11.7 Å². The number of hydrogen-bond acceptors (Lipinski definition) is 7. The number of fused-ring (bicyclic) bond motifs is 2. The van der Waals surface area contributed by atoms with Gasteiger partial charge in [-0.3, -0.25) is 19.9 Å². The second-order valence-electron chi connectivity index (χ2n) is 10.8. The average Bonchev–Trinajstić information content (AvgIpc) is 3.61. The Balaban J connectivity index is 1.20. The summed E-state index contributed by atoms with van der Waals surface area (Å²) in [6.07, 6.45) is 9.34. The number of hydrogen-bond donors (Lipinski definition) is 4. The van der Waals surface area contributed by atoms with E-state index >= 15 is 0 Å². The van der Waals surface area contributed by atoms with Crippen LogP contribution in [0.4, 0.5) is 10.1 Å². The predicted octanol–water partition coefficient (Wildman–Crippen LogP) is 5.40. The third-order valence-electron chi connectivity index (χ3n) is 7.65. The molecule has 42 heavy (non-hydrogen) atoms. The topological polar surface area (TPSA) is 137 Å². The summed E-state index contributed by atoms with van der Waals surface area (Å²) < 4.78 is 14.2. The molecule has 1 aliphatic rings. The van der Waals surface area contributed by atoms with Crippen LogP contribution in [0.3, 0.4) is 0 Å². The molecule has 1 amide bonds. The summed E-state index contributed by atoms with van der Waals surface area (Å²) >= 11 is 0. The van der Waals surface area contributed by atoms with Crippen molar-refractivity contribution in [3.8, 4) is 33.9 Å². The summed E-state index contributed by atoms with van der Waals surface area (Å²) in [6.45, 7) is 3.76. The van der Waals surface area contributed by atoms with Crippen LogP contribution in [-0.4, -0.2) is 54.1 Å². The van der Waals surface area contributed by atoms with E-state index in [9.17, 15) is 9.18 Å². The summed E-state index contributed by atoms with van der Waals surface area (Å²) in [5.74, 6) is 0.612. The molecule has 0 bridgehead atoms. The van der Waals surface area contributed by atoms with Crippen LogP contribution in [0.25, 0.3) is 56.0 Å². The number of nitrogens with zero attached hydrogens (tertiary/aromatic N) is 5. The van der Waals surface area contributed by atoms with Crippen LogP contribution in [0, 0.1) is 18.7 Å². The number of pyridine rings is 3. The Morgan fingerprint density at radius 3 is 2.71 bits per heavy atom. The minimum Gasteiger partial charge on any atom is -0.336 e. The van der Waals surface area contributed by atoms with Gasteiger partial charge in [-0.05, 0) is 80.7 Å². The standard InChI is InChI=1S/C31H28FN9O/c1-17-8-19(11-22(32)9-17)27-29-25(4-7-35-27)38-31(39-29)28-24-13-21(15-36-30(24)41-40-28)20-12-23(16-34-14-20)37-26(42)10-18-2-5-33-6-3-18/h4,7-9,11-16,18,33H,2-3,5-6,10H2,1H3,(H,37,42)(H,38,39)(H,36,40,41). The average molecular weight is 562 g/mol. The van der Waals surface area contributed by atoms with Crippen molar-refractivity contribution in [2.24, 2.45) is 5.92 Å². The summed E-state index contributed by atoms with van der Waals surface area (Å²) in [6, 6.07) is 10.5. The van der Waals surface area contributed by atoms with Crippen molar-refractivity contribution in [1.29, 1.82) is 0 Å². The minimum absolute atomic E-state index is 0.00121. The van der Waals surface area contributed by atoms with Crippen LogP contribution < -0.4 is 10.6 Å². The van der Waals surface area contributed by atoms with Crippen molar-refractivity contribution < 1.29 is 9.18 Å². The SMILES string of the molecule is Cc1cc(F)cc(-c2nccc3[nH]c(-c4n[nH]c5ncc(-c6cncc(NC(=O)CC7CCNCC7)c6)cc45)nc23)c1. The maximum Gasteiger partial charge on any atom is 0.224 e. The smallest absolute Gasteiger partial charge is 0.224 e. The normalized spacial score (nSPS) is 14.0. The Hall–Kier alpha value is -5.03. The molecule has 11 heteroatoms. The minimum atomic E-state index is -0.323. The largest absolute Gasteiger partial charge is 0.336 e. The highest BCUT2D eigenvalue weighted by Gasteiger charge is 2.19. The van der Waals surface area contributed by atoms with Gasteiger partial charge in [0.05, 0.1) is 28.5 Å². The molecule has 0 saturated carbocycles. The zero-order chi connectivity index (χ0) is 28.6. The third kappa shape index (κ3) is 5.10. The molecule has 10 nitrogen and oxygen atoms in total. The number of aryl methyl sites for hydroxylation is 1. The van der Waals surface area contributed by atoms with E-state index in [0.29, 0.717) is 52.0 Å². The summed E-state index contributed by atoms with van der Waals surface area (Å²) in [4.78, 5) is 34.3. The number of halogens is 1. The fraction of sp³-hybridized carbons (Fsp3) is 0.226. The van der Waals surface area contributed by atoms with Crippen LogP contribution in [-0.2, 0) is 4.79 Å². The van der Waals surface area contributed by atoms with Gasteiger partial charge in [-0.2, -0.15) is 5.10 Å². The lowest BCUT2D eigenvalue weighted by atomic mass is 9.94. The van der Waals surface area contributed by atoms with Crippen molar-refractivity contribution in [2.45, 2.75) is 26.2 Å². The summed E-state index contributed by atoms with van der Waals surface area (Å²) in [5, 5.41) is 14.6. The van der Waals surface area contributed by atoms with Crippen molar-refractivity contribution in [2.75, 3.05) is 18.4 Å². The fourth-order valence-electron chi connectivity index (χ4n) is 5.60. The van der Waals surface area contributed by atoms with Gasteiger partial charge in [-0.1, -0.05) is 0 Å². The predicted molar refractivity (Wildman–Crippen MR) is 159 cm³/mol. The molecule has 210 valence electrons. The van der Waals surface area contributed by atoms with Gasteiger partial charge in [0.25, 0.3) is 0 Å². The van der Waals surface area contributed by atoms with E-state index in [4.69, 9.17) is 4.98 Å². The number of piperidine rings is 1. The summed E-state index contributed by atoms with van der Waals surface area (Å²) in [7, 11) is 0. The van der Waals surface area contributed by atoms with Gasteiger partial charge in [-0.25, -0.2) is 14.4 Å². The number of nitrogens with one attached hydrogen (secondary N) is 4. The van der Waals surface area contributed by atoms with Crippen LogP contribution in [0.2, 0.25) is 0 Å². The van der Waals surface area contributed by atoms with Gasteiger partial charge in [-0.15, -0.1) is 0 Å². The van der Waals surface area contributed by atoms with Crippen LogP contribution in [0.5, 0.6) is 0 Å². The first-order valence-electron chi connectivity index (χ1n) is 13.9. The van der Waals surface area contributed by atoms with Gasteiger partial charge >= 0.3 is 0 Å². The Labute approximate surface area is 240 Å². The third-order valence-corrected chi connectivity index (χ3v) is 7.65. The molecule has 0 radical (unpaired) electrons. The van der Waals surface area contributed by atoms with Gasteiger partial charge in [0, 0.05) is 41.7 Å². The molecule has 0 aliphatic carbocycles. The van der Waals surface area contributed by atoms with Crippen molar-refractivity contribution in [3.63, 3.8) is 0 Å². The van der Waals surface area contributed by atoms with E-state index in [0.717, 1.165) is 53.5 Å². The summed E-state index contributed by atoms with van der Waals surface area (Å²) in [5.41, 5.74) is 6.89. The van der Waals surface area contributed by atoms with E-state index in [1.165, 1.54) is 12.1 Å². The van der Waals surface area contributed by atoms with Gasteiger partial charge in [0.1, 0.15) is 17.0 Å². The Morgan fingerprint density at radius 2 is 1.86 bits per heavy atom. The Bertz CT molecular complexity index is 1920. The molecule has 6 heterocycles. The van der Waals surface area contributed by atoms with E-state index in [2.05, 4.69) is 40.8 Å². The number of benzene rings is 1. The first kappa shape index (κ1) is 25.9. The van der Waals surface area contributed by atoms with Crippen molar-refractivity contribution in [3.05, 3.63) is 72.6 Å². The van der Waals surface area contributed by atoms with E-state index in [1.54, 1.807) is 24.8 Å². The number of amides is 1. The number of aromatic nitrogens is 7. The van der Waals surface area contributed by atoms with Gasteiger partial charge < -0.3 is 15.6 Å². The van der Waals surface area contributed by atoms with Crippen LogP contribution in [0.15, 0.2) is 61.2 Å². The van der Waals surface area contributed by atoms with Crippen molar-refractivity contribution in [1.82, 2.24) is 40.4 Å². The number of rotatable bonds is 6. The zero-order valence-electron chi connectivity index (χ0n) is 22.9. The molecular weight excluding hydrogens is 533 g/mol. The number of carbonyl (C=O) groups is 1. The number of anilines is 1. The molecule has 0 spiro atoms. The second-order valence-corrected chi connectivity index (χ2v) is 10.8. The van der Waals surface area contributed by atoms with E-state index in [1.807, 2.05) is 31.2 Å².